The second kappa shape index (κ2) is 7.63. The molecule has 0 unspecified atom stereocenters. The first-order valence-corrected chi connectivity index (χ1v) is 9.24. The number of carbonyl (C=O) groups is 1. The van der Waals surface area contributed by atoms with Crippen LogP contribution in [0.1, 0.15) is 5.56 Å². The maximum atomic E-state index is 11.9. The quantitative estimate of drug-likeness (QED) is 0.405. The molecular formula is C19H16N4O3S. The van der Waals surface area contributed by atoms with E-state index in [1.54, 1.807) is 7.11 Å². The number of esters is 1. The lowest BCUT2D eigenvalue weighted by Gasteiger charge is -2.04. The number of H-pyrrole nitrogens is 1. The molecule has 2 aromatic heterocycles. The maximum Gasteiger partial charge on any atom is 0.316 e. The fourth-order valence-electron chi connectivity index (χ4n) is 2.63. The molecule has 0 radical (unpaired) electrons. The molecule has 1 N–H and O–H groups in total. The Balaban J connectivity index is 1.43. The van der Waals surface area contributed by atoms with Crippen LogP contribution >= 0.6 is 11.8 Å². The van der Waals surface area contributed by atoms with Gasteiger partial charge in [-0.3, -0.25) is 4.79 Å². The SMILES string of the molecule is COc1ccc2[nH]c3nc(SCC(=O)OCc4ccccc4)nnc3c2c1. The van der Waals surface area contributed by atoms with Crippen molar-refractivity contribution in [3.05, 3.63) is 54.1 Å². The largest absolute Gasteiger partial charge is 0.497 e. The lowest BCUT2D eigenvalue weighted by Crippen LogP contribution is -2.08. The first kappa shape index (κ1) is 17.3. The molecule has 0 aliphatic rings. The normalized spacial score (nSPS) is 11.0. The monoisotopic (exact) mass is 380 g/mol. The molecule has 0 atom stereocenters. The van der Waals surface area contributed by atoms with Gasteiger partial charge in [-0.25, -0.2) is 4.98 Å². The first-order chi connectivity index (χ1) is 13.2. The number of fused-ring (bicyclic) bond motifs is 3. The second-order valence-electron chi connectivity index (χ2n) is 5.76. The Morgan fingerprint density at radius 1 is 1.15 bits per heavy atom. The van der Waals surface area contributed by atoms with E-state index in [-0.39, 0.29) is 18.3 Å². The van der Waals surface area contributed by atoms with Gasteiger partial charge in [0.15, 0.2) is 5.65 Å². The summed E-state index contributed by atoms with van der Waals surface area (Å²) in [5.74, 6) is 0.535. The number of carbonyl (C=O) groups excluding carboxylic acids is 1. The zero-order valence-electron chi connectivity index (χ0n) is 14.5. The van der Waals surface area contributed by atoms with Crippen molar-refractivity contribution in [3.63, 3.8) is 0 Å². The van der Waals surface area contributed by atoms with Gasteiger partial charge in [0, 0.05) is 10.9 Å². The summed E-state index contributed by atoms with van der Waals surface area (Å²) in [5.41, 5.74) is 3.13. The molecule has 27 heavy (non-hydrogen) atoms. The molecular weight excluding hydrogens is 364 g/mol. The fraction of sp³-hybridized carbons (Fsp3) is 0.158. The zero-order chi connectivity index (χ0) is 18.6. The van der Waals surface area contributed by atoms with Crippen LogP contribution in [0.25, 0.3) is 22.1 Å². The van der Waals surface area contributed by atoms with Crippen LogP contribution in [0.4, 0.5) is 0 Å². The third-order valence-corrected chi connectivity index (χ3v) is 4.78. The first-order valence-electron chi connectivity index (χ1n) is 8.25. The van der Waals surface area contributed by atoms with Crippen molar-refractivity contribution in [1.29, 1.82) is 0 Å². The predicted octanol–water partition coefficient (Wildman–Crippen LogP) is 3.35. The van der Waals surface area contributed by atoms with Gasteiger partial charge in [0.25, 0.3) is 0 Å². The third-order valence-electron chi connectivity index (χ3n) is 3.96. The topological polar surface area (TPSA) is 90.0 Å². The third kappa shape index (κ3) is 3.85. The number of hydrogen-bond donors (Lipinski definition) is 1. The number of methoxy groups -OCH3 is 1. The predicted molar refractivity (Wildman–Crippen MR) is 103 cm³/mol. The lowest BCUT2D eigenvalue weighted by molar-refractivity contribution is -0.141. The van der Waals surface area contributed by atoms with E-state index < -0.39 is 0 Å². The smallest absolute Gasteiger partial charge is 0.316 e. The van der Waals surface area contributed by atoms with Crippen LogP contribution in [0.3, 0.4) is 0 Å². The molecule has 2 aromatic carbocycles. The average Bonchev–Trinajstić information content (AvgIpc) is 3.08. The number of benzene rings is 2. The minimum Gasteiger partial charge on any atom is -0.497 e. The summed E-state index contributed by atoms with van der Waals surface area (Å²) in [5, 5.41) is 9.66. The minimum atomic E-state index is -0.325. The molecule has 0 aliphatic carbocycles. The summed E-state index contributed by atoms with van der Waals surface area (Å²) in [7, 11) is 1.62. The second-order valence-corrected chi connectivity index (χ2v) is 6.71. The van der Waals surface area contributed by atoms with Crippen LogP contribution in [0.2, 0.25) is 0 Å². The summed E-state index contributed by atoms with van der Waals surface area (Å²) >= 11 is 1.19. The molecule has 0 fully saturated rings. The van der Waals surface area contributed by atoms with E-state index in [1.807, 2.05) is 48.5 Å². The van der Waals surface area contributed by atoms with Crippen LogP contribution in [0, 0.1) is 0 Å². The number of aromatic nitrogens is 4. The standard InChI is InChI=1S/C19H16N4O3S/c1-25-13-7-8-15-14(9-13)17-18(20-15)21-19(23-22-17)27-11-16(24)26-10-12-5-3-2-4-6-12/h2-9H,10-11H2,1H3,(H,20,21,23). The zero-order valence-corrected chi connectivity index (χ0v) is 15.3. The van der Waals surface area contributed by atoms with Gasteiger partial charge in [0.1, 0.15) is 17.9 Å². The van der Waals surface area contributed by atoms with Crippen molar-refractivity contribution < 1.29 is 14.3 Å². The van der Waals surface area contributed by atoms with E-state index in [9.17, 15) is 4.79 Å². The van der Waals surface area contributed by atoms with E-state index in [0.29, 0.717) is 16.3 Å². The Labute approximate surface area is 159 Å². The number of hydrogen-bond acceptors (Lipinski definition) is 7. The van der Waals surface area contributed by atoms with Gasteiger partial charge in [0.05, 0.1) is 12.9 Å². The van der Waals surface area contributed by atoms with Gasteiger partial charge in [-0.2, -0.15) is 0 Å². The maximum absolute atomic E-state index is 11.9. The summed E-state index contributed by atoms with van der Waals surface area (Å²) in [6.07, 6.45) is 0. The average molecular weight is 380 g/mol. The van der Waals surface area contributed by atoms with Crippen LogP contribution < -0.4 is 4.74 Å². The van der Waals surface area contributed by atoms with Crippen molar-refractivity contribution in [2.75, 3.05) is 12.9 Å². The highest BCUT2D eigenvalue weighted by Crippen LogP contribution is 2.27. The molecule has 136 valence electrons. The Morgan fingerprint density at radius 3 is 2.81 bits per heavy atom. The molecule has 0 amide bonds. The molecule has 0 spiro atoms. The number of nitrogens with zero attached hydrogens (tertiary/aromatic N) is 3. The van der Waals surface area contributed by atoms with Crippen LogP contribution in [0.15, 0.2) is 53.7 Å². The van der Waals surface area contributed by atoms with Crippen molar-refractivity contribution in [2.45, 2.75) is 11.8 Å². The molecule has 2 heterocycles. The van der Waals surface area contributed by atoms with Crippen LogP contribution in [0.5, 0.6) is 5.75 Å². The molecule has 0 aliphatic heterocycles. The van der Waals surface area contributed by atoms with E-state index in [4.69, 9.17) is 9.47 Å². The van der Waals surface area contributed by atoms with Gasteiger partial charge >= 0.3 is 5.97 Å². The summed E-state index contributed by atoms with van der Waals surface area (Å²) in [6, 6.07) is 15.2. The molecule has 4 rings (SSSR count). The Bertz CT molecular complexity index is 1100. The molecule has 8 heteroatoms. The number of ether oxygens (including phenoxy) is 2. The van der Waals surface area contributed by atoms with Crippen molar-refractivity contribution in [3.8, 4) is 5.75 Å². The van der Waals surface area contributed by atoms with E-state index in [1.165, 1.54) is 11.8 Å². The van der Waals surface area contributed by atoms with E-state index >= 15 is 0 Å². The molecule has 0 bridgehead atoms. The summed E-state index contributed by atoms with van der Waals surface area (Å²) in [4.78, 5) is 19.6. The minimum absolute atomic E-state index is 0.119. The van der Waals surface area contributed by atoms with Crippen LogP contribution in [-0.4, -0.2) is 39.0 Å². The highest BCUT2D eigenvalue weighted by molar-refractivity contribution is 7.99. The number of nitrogens with one attached hydrogen (secondary N) is 1. The van der Waals surface area contributed by atoms with Gasteiger partial charge < -0.3 is 14.5 Å². The van der Waals surface area contributed by atoms with Crippen molar-refractivity contribution in [2.24, 2.45) is 0 Å². The van der Waals surface area contributed by atoms with E-state index in [0.717, 1.165) is 22.2 Å². The summed E-state index contributed by atoms with van der Waals surface area (Å²) < 4.78 is 10.5. The Kier molecular flexibility index (Phi) is 4.88. The number of thioether (sulfide) groups is 1. The van der Waals surface area contributed by atoms with Gasteiger partial charge in [-0.15, -0.1) is 10.2 Å². The van der Waals surface area contributed by atoms with E-state index in [2.05, 4.69) is 20.2 Å². The molecule has 4 aromatic rings. The highest BCUT2D eigenvalue weighted by atomic mass is 32.2. The Morgan fingerprint density at radius 2 is 2.00 bits per heavy atom. The van der Waals surface area contributed by atoms with Gasteiger partial charge in [-0.05, 0) is 23.8 Å². The molecule has 7 nitrogen and oxygen atoms in total. The van der Waals surface area contributed by atoms with Crippen molar-refractivity contribution in [1.82, 2.24) is 20.2 Å². The van der Waals surface area contributed by atoms with Gasteiger partial charge in [0.2, 0.25) is 5.16 Å². The fourth-order valence-corrected chi connectivity index (χ4v) is 3.21. The lowest BCUT2D eigenvalue weighted by atomic mass is 10.2. The molecule has 0 saturated heterocycles. The van der Waals surface area contributed by atoms with Crippen LogP contribution in [-0.2, 0) is 16.1 Å². The number of aromatic amines is 1. The van der Waals surface area contributed by atoms with Gasteiger partial charge in [-0.1, -0.05) is 42.1 Å². The number of rotatable bonds is 6. The van der Waals surface area contributed by atoms with Crippen molar-refractivity contribution >= 4 is 39.8 Å². The summed E-state index contributed by atoms with van der Waals surface area (Å²) in [6.45, 7) is 0.252. The highest BCUT2D eigenvalue weighted by Gasteiger charge is 2.12. The molecule has 0 saturated carbocycles. The Hall–Kier alpha value is -3.13.